The van der Waals surface area contributed by atoms with Gasteiger partial charge >= 0.3 is 0 Å². The van der Waals surface area contributed by atoms with Crippen molar-refractivity contribution in [1.82, 2.24) is 5.32 Å². The first-order valence-corrected chi connectivity index (χ1v) is 6.40. The first kappa shape index (κ1) is 14.2. The third-order valence-electron chi connectivity index (χ3n) is 2.75. The van der Waals surface area contributed by atoms with Gasteiger partial charge in [0.1, 0.15) is 0 Å². The topological polar surface area (TPSA) is 32.3 Å². The van der Waals surface area contributed by atoms with E-state index in [4.69, 9.17) is 0 Å². The molecular weight excluding hydrogens is 210 g/mol. The van der Waals surface area contributed by atoms with Crippen molar-refractivity contribution in [2.75, 3.05) is 13.1 Å². The molecule has 0 aromatic heterocycles. The summed E-state index contributed by atoms with van der Waals surface area (Å²) in [6.07, 6.45) is 1.56. The molecule has 0 saturated heterocycles. The van der Waals surface area contributed by atoms with E-state index < -0.39 is 0 Å². The van der Waals surface area contributed by atoms with Gasteiger partial charge in [0.2, 0.25) is 0 Å². The van der Waals surface area contributed by atoms with Gasteiger partial charge in [-0.2, -0.15) is 0 Å². The van der Waals surface area contributed by atoms with Crippen LogP contribution in [0.5, 0.6) is 0 Å². The number of aliphatic hydroxyl groups is 1. The third kappa shape index (κ3) is 7.14. The summed E-state index contributed by atoms with van der Waals surface area (Å²) in [4.78, 5) is 0. The Morgan fingerprint density at radius 3 is 2.41 bits per heavy atom. The predicted molar refractivity (Wildman–Crippen MR) is 73.1 cm³/mol. The van der Waals surface area contributed by atoms with Crippen LogP contribution in [0.2, 0.25) is 0 Å². The van der Waals surface area contributed by atoms with Crippen molar-refractivity contribution in [2.45, 2.75) is 39.7 Å². The van der Waals surface area contributed by atoms with Crippen LogP contribution in [0.15, 0.2) is 30.3 Å². The zero-order chi connectivity index (χ0) is 12.7. The SMILES string of the molecule is CC(C)(C)CCNCC(O)Cc1ccccc1. The van der Waals surface area contributed by atoms with Gasteiger partial charge in [0.25, 0.3) is 0 Å². The molecule has 0 fully saturated rings. The highest BCUT2D eigenvalue weighted by molar-refractivity contribution is 5.15. The van der Waals surface area contributed by atoms with Gasteiger partial charge in [-0.1, -0.05) is 51.1 Å². The van der Waals surface area contributed by atoms with Crippen molar-refractivity contribution in [2.24, 2.45) is 5.41 Å². The molecule has 2 N–H and O–H groups in total. The van der Waals surface area contributed by atoms with Crippen LogP contribution in [0.1, 0.15) is 32.8 Å². The van der Waals surface area contributed by atoms with Crippen molar-refractivity contribution < 1.29 is 5.11 Å². The van der Waals surface area contributed by atoms with Crippen LogP contribution in [0.3, 0.4) is 0 Å². The van der Waals surface area contributed by atoms with Crippen molar-refractivity contribution in [1.29, 1.82) is 0 Å². The predicted octanol–water partition coefficient (Wildman–Crippen LogP) is 2.62. The molecule has 0 aliphatic carbocycles. The van der Waals surface area contributed by atoms with Gasteiger partial charge in [-0.3, -0.25) is 0 Å². The maximum atomic E-state index is 9.87. The van der Waals surface area contributed by atoms with Crippen LogP contribution in [-0.4, -0.2) is 24.3 Å². The van der Waals surface area contributed by atoms with E-state index in [0.717, 1.165) is 19.4 Å². The molecular formula is C15H25NO. The van der Waals surface area contributed by atoms with Crippen LogP contribution in [-0.2, 0) is 6.42 Å². The van der Waals surface area contributed by atoms with Gasteiger partial charge in [-0.25, -0.2) is 0 Å². The summed E-state index contributed by atoms with van der Waals surface area (Å²) in [5.74, 6) is 0. The van der Waals surface area contributed by atoms with Gasteiger partial charge in [0.05, 0.1) is 6.10 Å². The molecule has 0 saturated carbocycles. The first-order chi connectivity index (χ1) is 7.97. The smallest absolute Gasteiger partial charge is 0.0704 e. The third-order valence-corrected chi connectivity index (χ3v) is 2.75. The Morgan fingerprint density at radius 2 is 1.82 bits per heavy atom. The lowest BCUT2D eigenvalue weighted by atomic mass is 9.92. The van der Waals surface area contributed by atoms with Crippen LogP contribution in [0.25, 0.3) is 0 Å². The molecule has 0 bridgehead atoms. The lowest BCUT2D eigenvalue weighted by Crippen LogP contribution is -2.30. The molecule has 2 nitrogen and oxygen atoms in total. The minimum atomic E-state index is -0.294. The van der Waals surface area contributed by atoms with E-state index in [-0.39, 0.29) is 6.10 Å². The largest absolute Gasteiger partial charge is 0.391 e. The van der Waals surface area contributed by atoms with Gasteiger partial charge in [0.15, 0.2) is 0 Å². The number of aliphatic hydroxyl groups excluding tert-OH is 1. The highest BCUT2D eigenvalue weighted by Crippen LogP contribution is 2.16. The van der Waals surface area contributed by atoms with E-state index >= 15 is 0 Å². The number of hydrogen-bond donors (Lipinski definition) is 2. The maximum absolute atomic E-state index is 9.87. The molecule has 1 rings (SSSR count). The molecule has 0 amide bonds. The van der Waals surface area contributed by atoms with Gasteiger partial charge in [-0.05, 0) is 30.4 Å². The highest BCUT2D eigenvalue weighted by Gasteiger charge is 2.10. The second-order valence-electron chi connectivity index (χ2n) is 5.86. The van der Waals surface area contributed by atoms with Crippen molar-refractivity contribution >= 4 is 0 Å². The quantitative estimate of drug-likeness (QED) is 0.743. The lowest BCUT2D eigenvalue weighted by Gasteiger charge is -2.19. The molecule has 1 atom stereocenters. The van der Waals surface area contributed by atoms with Crippen molar-refractivity contribution in [3.8, 4) is 0 Å². The summed E-state index contributed by atoms with van der Waals surface area (Å²) >= 11 is 0. The molecule has 0 aliphatic heterocycles. The molecule has 1 unspecified atom stereocenters. The molecule has 17 heavy (non-hydrogen) atoms. The summed E-state index contributed by atoms with van der Waals surface area (Å²) in [6, 6.07) is 10.1. The van der Waals surface area contributed by atoms with Gasteiger partial charge < -0.3 is 10.4 Å². The van der Waals surface area contributed by atoms with Crippen LogP contribution in [0.4, 0.5) is 0 Å². The van der Waals surface area contributed by atoms with Crippen LogP contribution in [0, 0.1) is 5.41 Å². The average Bonchev–Trinajstić information content (AvgIpc) is 2.25. The Kier molecular flexibility index (Phi) is 5.66. The lowest BCUT2D eigenvalue weighted by molar-refractivity contribution is 0.170. The van der Waals surface area contributed by atoms with Crippen LogP contribution < -0.4 is 5.32 Å². The minimum Gasteiger partial charge on any atom is -0.391 e. The fourth-order valence-electron chi connectivity index (χ4n) is 1.69. The second-order valence-corrected chi connectivity index (χ2v) is 5.86. The molecule has 1 aromatic carbocycles. The fraction of sp³-hybridized carbons (Fsp3) is 0.600. The van der Waals surface area contributed by atoms with E-state index in [9.17, 15) is 5.11 Å². The highest BCUT2D eigenvalue weighted by atomic mass is 16.3. The molecule has 0 spiro atoms. The summed E-state index contributed by atoms with van der Waals surface area (Å²) in [5.41, 5.74) is 1.55. The van der Waals surface area contributed by atoms with Crippen molar-refractivity contribution in [3.63, 3.8) is 0 Å². The fourth-order valence-corrected chi connectivity index (χ4v) is 1.69. The summed E-state index contributed by atoms with van der Waals surface area (Å²) in [7, 11) is 0. The standard InChI is InChI=1S/C15H25NO/c1-15(2,3)9-10-16-12-14(17)11-13-7-5-4-6-8-13/h4-8,14,16-17H,9-12H2,1-3H3. The Hall–Kier alpha value is -0.860. The van der Waals surface area contributed by atoms with E-state index in [1.54, 1.807) is 0 Å². The van der Waals surface area contributed by atoms with E-state index in [1.165, 1.54) is 5.56 Å². The molecule has 96 valence electrons. The van der Waals surface area contributed by atoms with Crippen molar-refractivity contribution in [3.05, 3.63) is 35.9 Å². The molecule has 0 aliphatic rings. The Morgan fingerprint density at radius 1 is 1.18 bits per heavy atom. The first-order valence-electron chi connectivity index (χ1n) is 6.40. The number of hydrogen-bond acceptors (Lipinski definition) is 2. The molecule has 2 heteroatoms. The summed E-state index contributed by atoms with van der Waals surface area (Å²) in [5, 5.41) is 13.2. The molecule has 0 radical (unpaired) electrons. The monoisotopic (exact) mass is 235 g/mol. The van der Waals surface area contributed by atoms with Gasteiger partial charge in [0, 0.05) is 6.54 Å². The van der Waals surface area contributed by atoms with E-state index in [0.29, 0.717) is 12.0 Å². The Bertz CT molecular complexity index is 302. The minimum absolute atomic E-state index is 0.294. The van der Waals surface area contributed by atoms with E-state index in [1.807, 2.05) is 18.2 Å². The zero-order valence-electron chi connectivity index (χ0n) is 11.2. The van der Waals surface area contributed by atoms with E-state index in [2.05, 4.69) is 38.2 Å². The number of nitrogens with one attached hydrogen (secondary N) is 1. The maximum Gasteiger partial charge on any atom is 0.0704 e. The van der Waals surface area contributed by atoms with Crippen LogP contribution >= 0.6 is 0 Å². The Balaban J connectivity index is 2.16. The van der Waals surface area contributed by atoms with Gasteiger partial charge in [-0.15, -0.1) is 0 Å². The summed E-state index contributed by atoms with van der Waals surface area (Å²) in [6.45, 7) is 8.33. The molecule has 1 aromatic rings. The second kappa shape index (κ2) is 6.77. The Labute approximate surface area is 105 Å². The number of rotatable bonds is 6. The average molecular weight is 235 g/mol. The summed E-state index contributed by atoms with van der Waals surface area (Å²) < 4.78 is 0. The number of benzene rings is 1. The zero-order valence-corrected chi connectivity index (χ0v) is 11.2. The normalized spacial score (nSPS) is 13.6. The molecule has 0 heterocycles.